The van der Waals surface area contributed by atoms with Crippen molar-refractivity contribution in [1.82, 2.24) is 5.16 Å². The summed E-state index contributed by atoms with van der Waals surface area (Å²) in [6.07, 6.45) is 3.10. The molecule has 0 N–H and O–H groups in total. The van der Waals surface area contributed by atoms with E-state index in [-0.39, 0.29) is 0 Å². The van der Waals surface area contributed by atoms with Crippen LogP contribution in [0.15, 0.2) is 9.64 Å². The van der Waals surface area contributed by atoms with E-state index in [0.29, 0.717) is 6.54 Å². The third-order valence-corrected chi connectivity index (χ3v) is 2.07. The minimum atomic E-state index is 0.315. The van der Waals surface area contributed by atoms with Crippen molar-refractivity contribution in [3.63, 3.8) is 0 Å². The molecule has 0 saturated heterocycles. The highest BCUT2D eigenvalue weighted by Crippen LogP contribution is 2.25. The van der Waals surface area contributed by atoms with E-state index in [0.717, 1.165) is 36.3 Å². The van der Waals surface area contributed by atoms with Crippen molar-refractivity contribution in [2.45, 2.75) is 25.8 Å². The summed E-state index contributed by atoms with van der Waals surface area (Å²) in [7, 11) is 0. The van der Waals surface area contributed by atoms with Crippen LogP contribution in [0.5, 0.6) is 0 Å². The SMILES string of the molecule is [N-]=[N+]=NCc1noc2c1CCC2. The molecule has 0 saturated carbocycles. The summed E-state index contributed by atoms with van der Waals surface area (Å²) in [6.45, 7) is 0.315. The molecule has 1 heterocycles. The summed E-state index contributed by atoms with van der Waals surface area (Å²) in [4.78, 5) is 2.68. The Morgan fingerprint density at radius 2 is 2.50 bits per heavy atom. The molecular weight excluding hydrogens is 156 g/mol. The fraction of sp³-hybridized carbons (Fsp3) is 0.571. The van der Waals surface area contributed by atoms with Gasteiger partial charge in [-0.2, -0.15) is 0 Å². The van der Waals surface area contributed by atoms with E-state index in [2.05, 4.69) is 15.2 Å². The van der Waals surface area contributed by atoms with E-state index in [1.54, 1.807) is 0 Å². The monoisotopic (exact) mass is 164 g/mol. The van der Waals surface area contributed by atoms with Crippen LogP contribution in [0.3, 0.4) is 0 Å². The van der Waals surface area contributed by atoms with Crippen molar-refractivity contribution in [2.24, 2.45) is 5.11 Å². The smallest absolute Gasteiger partial charge is 0.140 e. The third kappa shape index (κ3) is 1.04. The number of aromatic nitrogens is 1. The van der Waals surface area contributed by atoms with Gasteiger partial charge in [0.25, 0.3) is 0 Å². The second-order valence-electron chi connectivity index (χ2n) is 2.77. The predicted molar refractivity (Wildman–Crippen MR) is 41.4 cm³/mol. The highest BCUT2D eigenvalue weighted by atomic mass is 16.5. The van der Waals surface area contributed by atoms with Crippen LogP contribution in [0.2, 0.25) is 0 Å². The minimum Gasteiger partial charge on any atom is -0.361 e. The Kier molecular flexibility index (Phi) is 1.72. The number of rotatable bonds is 2. The molecule has 1 aromatic heterocycles. The maximum Gasteiger partial charge on any atom is 0.140 e. The lowest BCUT2D eigenvalue weighted by atomic mass is 10.2. The lowest BCUT2D eigenvalue weighted by Crippen LogP contribution is -1.86. The minimum absolute atomic E-state index is 0.315. The molecule has 5 nitrogen and oxygen atoms in total. The normalized spacial score (nSPS) is 14.0. The van der Waals surface area contributed by atoms with Crippen molar-refractivity contribution in [3.8, 4) is 0 Å². The molecule has 1 aliphatic carbocycles. The van der Waals surface area contributed by atoms with Crippen LogP contribution >= 0.6 is 0 Å². The molecule has 0 amide bonds. The van der Waals surface area contributed by atoms with Crippen LogP contribution in [-0.4, -0.2) is 5.16 Å². The van der Waals surface area contributed by atoms with E-state index < -0.39 is 0 Å². The summed E-state index contributed by atoms with van der Waals surface area (Å²) in [5.74, 6) is 0.970. The molecule has 0 atom stereocenters. The molecule has 62 valence electrons. The summed E-state index contributed by atoms with van der Waals surface area (Å²) in [5.41, 5.74) is 10.1. The molecule has 0 unspecified atom stereocenters. The number of hydrogen-bond donors (Lipinski definition) is 0. The number of hydrogen-bond acceptors (Lipinski definition) is 3. The van der Waals surface area contributed by atoms with E-state index in [1.165, 1.54) is 0 Å². The molecule has 0 aromatic carbocycles. The molecular formula is C7H8N4O. The van der Waals surface area contributed by atoms with Crippen LogP contribution in [0, 0.1) is 0 Å². The Morgan fingerprint density at radius 1 is 1.58 bits per heavy atom. The Bertz CT molecular complexity index is 337. The highest BCUT2D eigenvalue weighted by Gasteiger charge is 2.19. The van der Waals surface area contributed by atoms with Gasteiger partial charge in [0.05, 0.1) is 12.2 Å². The molecule has 5 heteroatoms. The summed E-state index contributed by atoms with van der Waals surface area (Å²) >= 11 is 0. The molecule has 0 spiro atoms. The average Bonchev–Trinajstić information content (AvgIpc) is 2.62. The van der Waals surface area contributed by atoms with Gasteiger partial charge in [-0.1, -0.05) is 10.3 Å². The van der Waals surface area contributed by atoms with Gasteiger partial charge in [0, 0.05) is 16.9 Å². The topological polar surface area (TPSA) is 74.8 Å². The first-order chi connectivity index (χ1) is 5.92. The fourth-order valence-corrected chi connectivity index (χ4v) is 1.51. The van der Waals surface area contributed by atoms with E-state index >= 15 is 0 Å². The molecule has 2 rings (SSSR count). The van der Waals surface area contributed by atoms with Gasteiger partial charge in [-0.05, 0) is 18.4 Å². The second-order valence-corrected chi connectivity index (χ2v) is 2.77. The van der Waals surface area contributed by atoms with Gasteiger partial charge < -0.3 is 4.52 Å². The Hall–Kier alpha value is -1.48. The van der Waals surface area contributed by atoms with Crippen molar-refractivity contribution in [1.29, 1.82) is 0 Å². The molecule has 0 radical (unpaired) electrons. The fourth-order valence-electron chi connectivity index (χ4n) is 1.51. The van der Waals surface area contributed by atoms with Gasteiger partial charge in [0.15, 0.2) is 0 Å². The van der Waals surface area contributed by atoms with Crippen LogP contribution in [-0.2, 0) is 19.4 Å². The predicted octanol–water partition coefficient (Wildman–Crippen LogP) is 1.97. The van der Waals surface area contributed by atoms with Gasteiger partial charge in [0.1, 0.15) is 5.76 Å². The average molecular weight is 164 g/mol. The zero-order valence-electron chi connectivity index (χ0n) is 6.53. The first-order valence-electron chi connectivity index (χ1n) is 3.89. The quantitative estimate of drug-likeness (QED) is 0.380. The molecule has 0 fully saturated rings. The summed E-state index contributed by atoms with van der Waals surface area (Å²) < 4.78 is 5.07. The number of azide groups is 1. The van der Waals surface area contributed by atoms with Crippen LogP contribution in [0.1, 0.15) is 23.4 Å². The Labute approximate surface area is 69.0 Å². The van der Waals surface area contributed by atoms with E-state index in [4.69, 9.17) is 10.1 Å². The van der Waals surface area contributed by atoms with E-state index in [1.807, 2.05) is 0 Å². The van der Waals surface area contributed by atoms with Crippen molar-refractivity contribution >= 4 is 0 Å². The van der Waals surface area contributed by atoms with Crippen LogP contribution in [0.4, 0.5) is 0 Å². The third-order valence-electron chi connectivity index (χ3n) is 2.07. The maximum absolute atomic E-state index is 8.11. The molecule has 0 aliphatic heterocycles. The first kappa shape index (κ1) is 7.18. The highest BCUT2D eigenvalue weighted by molar-refractivity contribution is 5.27. The largest absolute Gasteiger partial charge is 0.361 e. The molecule has 1 aromatic rings. The Balaban J connectivity index is 2.27. The molecule has 12 heavy (non-hydrogen) atoms. The number of nitrogens with zero attached hydrogens (tertiary/aromatic N) is 4. The lowest BCUT2D eigenvalue weighted by Gasteiger charge is -1.88. The standard InChI is InChI=1S/C7H8N4O/c8-11-9-4-6-5-2-1-3-7(5)12-10-6/h1-4H2. The first-order valence-corrected chi connectivity index (χ1v) is 3.89. The van der Waals surface area contributed by atoms with Crippen LogP contribution < -0.4 is 0 Å². The van der Waals surface area contributed by atoms with Gasteiger partial charge in [-0.3, -0.25) is 0 Å². The van der Waals surface area contributed by atoms with Gasteiger partial charge in [0.2, 0.25) is 0 Å². The van der Waals surface area contributed by atoms with Gasteiger partial charge >= 0.3 is 0 Å². The van der Waals surface area contributed by atoms with E-state index in [9.17, 15) is 0 Å². The second kappa shape index (κ2) is 2.87. The summed E-state index contributed by atoms with van der Waals surface area (Å²) in [5, 5.41) is 7.29. The van der Waals surface area contributed by atoms with Crippen molar-refractivity contribution in [2.75, 3.05) is 0 Å². The zero-order valence-corrected chi connectivity index (χ0v) is 6.53. The zero-order chi connectivity index (χ0) is 8.39. The number of aryl methyl sites for hydroxylation is 1. The van der Waals surface area contributed by atoms with Crippen molar-refractivity contribution < 1.29 is 4.52 Å². The number of fused-ring (bicyclic) bond motifs is 1. The summed E-state index contributed by atoms with van der Waals surface area (Å²) in [6, 6.07) is 0. The molecule has 0 bridgehead atoms. The van der Waals surface area contributed by atoms with Crippen LogP contribution in [0.25, 0.3) is 10.4 Å². The van der Waals surface area contributed by atoms with Gasteiger partial charge in [-0.25, -0.2) is 0 Å². The van der Waals surface area contributed by atoms with Gasteiger partial charge in [-0.15, -0.1) is 0 Å². The maximum atomic E-state index is 8.11. The lowest BCUT2D eigenvalue weighted by molar-refractivity contribution is 0.379. The van der Waals surface area contributed by atoms with Crippen molar-refractivity contribution in [3.05, 3.63) is 27.5 Å². The molecule has 1 aliphatic rings. The Morgan fingerprint density at radius 3 is 3.33 bits per heavy atom.